The van der Waals surface area contributed by atoms with Gasteiger partial charge in [-0.3, -0.25) is 9.25 Å². The van der Waals surface area contributed by atoms with E-state index in [2.05, 4.69) is 23.9 Å². The molecule has 0 aliphatic carbocycles. The monoisotopic (exact) mass is 222 g/mol. The summed E-state index contributed by atoms with van der Waals surface area (Å²) in [6.07, 6.45) is 3.86. The molecule has 2 aromatic heterocycles. The molecule has 5 heteroatoms. The minimum atomic E-state index is 0.417. The molecule has 2 aromatic rings. The van der Waals surface area contributed by atoms with Crippen LogP contribution in [0.15, 0.2) is 18.5 Å². The summed E-state index contributed by atoms with van der Waals surface area (Å²) in [5.74, 6) is 1.28. The molecule has 0 radical (unpaired) electrons. The Labute approximate surface area is 93.6 Å². The fraction of sp³-hybridized carbons (Fsp3) is 0.400. The van der Waals surface area contributed by atoms with Crippen molar-refractivity contribution in [3.05, 3.63) is 28.9 Å². The molecule has 2 rings (SSSR count). The van der Waals surface area contributed by atoms with Gasteiger partial charge in [-0.15, -0.1) is 0 Å². The zero-order chi connectivity index (χ0) is 11.0. The number of aryl methyl sites for hydroxylation is 1. The number of nitrogens with one attached hydrogen (secondary N) is 1. The lowest BCUT2D eigenvalue weighted by Gasteiger charge is -2.07. The van der Waals surface area contributed by atoms with E-state index in [0.29, 0.717) is 10.7 Å². The van der Waals surface area contributed by atoms with Crippen LogP contribution in [0.25, 0.3) is 5.82 Å². The molecule has 0 saturated carbocycles. The average Bonchev–Trinajstić information content (AvgIpc) is 2.71. The zero-order valence-electron chi connectivity index (χ0n) is 9.06. The molecule has 0 aliphatic heterocycles. The molecule has 0 aromatic carbocycles. The summed E-state index contributed by atoms with van der Waals surface area (Å²) in [5, 5.41) is 4.35. The van der Waals surface area contributed by atoms with Crippen molar-refractivity contribution in [1.82, 2.24) is 19.3 Å². The summed E-state index contributed by atoms with van der Waals surface area (Å²) in [5.41, 5.74) is 1.15. The van der Waals surface area contributed by atoms with Crippen molar-refractivity contribution in [2.24, 2.45) is 7.05 Å². The Bertz CT molecular complexity index is 518. The number of nitrogens with zero attached hydrogens (tertiary/aromatic N) is 3. The van der Waals surface area contributed by atoms with Crippen molar-refractivity contribution >= 4 is 12.2 Å². The molecule has 0 amide bonds. The van der Waals surface area contributed by atoms with Crippen LogP contribution in [0.4, 0.5) is 0 Å². The first-order chi connectivity index (χ1) is 7.09. The van der Waals surface area contributed by atoms with Crippen molar-refractivity contribution in [2.75, 3.05) is 0 Å². The molecular formula is C10H14N4S. The van der Waals surface area contributed by atoms with Gasteiger partial charge in [0.15, 0.2) is 10.6 Å². The lowest BCUT2D eigenvalue weighted by Crippen LogP contribution is -2.03. The first-order valence-corrected chi connectivity index (χ1v) is 5.30. The Morgan fingerprint density at radius 1 is 1.47 bits per heavy atom. The molecule has 0 spiro atoms. The third-order valence-corrected chi connectivity index (χ3v) is 2.63. The highest BCUT2D eigenvalue weighted by Crippen LogP contribution is 2.18. The van der Waals surface area contributed by atoms with Crippen molar-refractivity contribution in [3.63, 3.8) is 0 Å². The minimum absolute atomic E-state index is 0.417. The van der Waals surface area contributed by atoms with Crippen molar-refractivity contribution < 1.29 is 0 Å². The van der Waals surface area contributed by atoms with Crippen LogP contribution >= 0.6 is 12.2 Å². The van der Waals surface area contributed by atoms with Gasteiger partial charge in [0, 0.05) is 31.2 Å². The fourth-order valence-electron chi connectivity index (χ4n) is 1.57. The van der Waals surface area contributed by atoms with E-state index in [1.165, 1.54) is 0 Å². The van der Waals surface area contributed by atoms with Gasteiger partial charge in [0.2, 0.25) is 0 Å². The molecule has 2 heterocycles. The summed E-state index contributed by atoms with van der Waals surface area (Å²) in [7, 11) is 1.90. The number of hydrogen-bond donors (Lipinski definition) is 1. The lowest BCUT2D eigenvalue weighted by atomic mass is 10.1. The number of aromatic amines is 1. The number of hydrogen-bond acceptors (Lipinski definition) is 2. The highest BCUT2D eigenvalue weighted by atomic mass is 32.1. The highest BCUT2D eigenvalue weighted by Gasteiger charge is 2.11. The Morgan fingerprint density at radius 2 is 2.20 bits per heavy atom. The van der Waals surface area contributed by atoms with Crippen LogP contribution in [-0.2, 0) is 7.05 Å². The number of rotatable bonds is 2. The largest absolute Gasteiger partial charge is 0.337 e. The maximum absolute atomic E-state index is 5.24. The minimum Gasteiger partial charge on any atom is -0.337 e. The van der Waals surface area contributed by atoms with E-state index in [4.69, 9.17) is 12.2 Å². The van der Waals surface area contributed by atoms with Crippen molar-refractivity contribution in [2.45, 2.75) is 19.8 Å². The van der Waals surface area contributed by atoms with Crippen LogP contribution in [-0.4, -0.2) is 19.3 Å². The molecular weight excluding hydrogens is 208 g/mol. The predicted molar refractivity (Wildman–Crippen MR) is 61.8 cm³/mol. The Balaban J connectivity index is 2.61. The number of H-pyrrole nitrogens is 1. The Kier molecular flexibility index (Phi) is 2.48. The fourth-order valence-corrected chi connectivity index (χ4v) is 1.82. The van der Waals surface area contributed by atoms with E-state index in [1.54, 1.807) is 4.68 Å². The Hall–Kier alpha value is -1.36. The van der Waals surface area contributed by atoms with E-state index in [9.17, 15) is 0 Å². The standard InChI is InChI=1S/C10H14N4S/c1-7(2)8-6-11-10(15)14(8)9-4-5-13(3)12-9/h4-7H,1-3H3,(H,11,15). The average molecular weight is 222 g/mol. The number of aromatic nitrogens is 4. The van der Waals surface area contributed by atoms with Gasteiger partial charge in [0.1, 0.15) is 0 Å². The van der Waals surface area contributed by atoms with E-state index in [-0.39, 0.29) is 0 Å². The van der Waals surface area contributed by atoms with Gasteiger partial charge in [-0.05, 0) is 18.1 Å². The van der Waals surface area contributed by atoms with Gasteiger partial charge in [-0.25, -0.2) is 0 Å². The third-order valence-electron chi connectivity index (χ3n) is 2.32. The van der Waals surface area contributed by atoms with Crippen molar-refractivity contribution in [1.29, 1.82) is 0 Å². The SMILES string of the molecule is CC(C)c1c[nH]c(=S)n1-c1ccn(C)n1. The smallest absolute Gasteiger partial charge is 0.183 e. The molecule has 1 N–H and O–H groups in total. The summed E-state index contributed by atoms with van der Waals surface area (Å²) < 4.78 is 4.44. The van der Waals surface area contributed by atoms with Gasteiger partial charge >= 0.3 is 0 Å². The maximum Gasteiger partial charge on any atom is 0.183 e. The van der Waals surface area contributed by atoms with Crippen LogP contribution in [0, 0.1) is 4.77 Å². The molecule has 80 valence electrons. The van der Waals surface area contributed by atoms with Gasteiger partial charge in [0.05, 0.1) is 0 Å². The van der Waals surface area contributed by atoms with E-state index in [1.807, 2.05) is 30.1 Å². The normalized spacial score (nSPS) is 11.2. The second kappa shape index (κ2) is 3.66. The summed E-state index contributed by atoms with van der Waals surface area (Å²) in [4.78, 5) is 3.05. The van der Waals surface area contributed by atoms with E-state index in [0.717, 1.165) is 11.5 Å². The molecule has 0 saturated heterocycles. The van der Waals surface area contributed by atoms with Crippen LogP contribution in [0.5, 0.6) is 0 Å². The zero-order valence-corrected chi connectivity index (χ0v) is 9.88. The lowest BCUT2D eigenvalue weighted by molar-refractivity contribution is 0.724. The van der Waals surface area contributed by atoms with Crippen LogP contribution in [0.2, 0.25) is 0 Å². The van der Waals surface area contributed by atoms with Crippen LogP contribution in [0.1, 0.15) is 25.5 Å². The maximum atomic E-state index is 5.24. The topological polar surface area (TPSA) is 38.5 Å². The Morgan fingerprint density at radius 3 is 2.73 bits per heavy atom. The molecule has 0 fully saturated rings. The van der Waals surface area contributed by atoms with Crippen LogP contribution in [0.3, 0.4) is 0 Å². The van der Waals surface area contributed by atoms with Gasteiger partial charge in [-0.2, -0.15) is 5.10 Å². The predicted octanol–water partition coefficient (Wildman–Crippen LogP) is 2.39. The van der Waals surface area contributed by atoms with Crippen LogP contribution < -0.4 is 0 Å². The summed E-state index contributed by atoms with van der Waals surface area (Å²) >= 11 is 5.24. The first-order valence-electron chi connectivity index (χ1n) is 4.90. The molecule has 0 aliphatic rings. The quantitative estimate of drug-likeness (QED) is 0.792. The molecule has 0 unspecified atom stereocenters. The molecule has 15 heavy (non-hydrogen) atoms. The third kappa shape index (κ3) is 1.74. The summed E-state index contributed by atoms with van der Waals surface area (Å²) in [6.45, 7) is 4.27. The first kappa shape index (κ1) is 10.2. The number of imidazole rings is 1. The summed E-state index contributed by atoms with van der Waals surface area (Å²) in [6, 6.07) is 1.95. The second-order valence-corrected chi connectivity index (χ2v) is 4.24. The molecule has 0 bridgehead atoms. The molecule has 0 atom stereocenters. The van der Waals surface area contributed by atoms with Gasteiger partial charge < -0.3 is 4.98 Å². The van der Waals surface area contributed by atoms with E-state index >= 15 is 0 Å². The van der Waals surface area contributed by atoms with Gasteiger partial charge in [0.25, 0.3) is 0 Å². The van der Waals surface area contributed by atoms with Crippen molar-refractivity contribution in [3.8, 4) is 5.82 Å². The van der Waals surface area contributed by atoms with E-state index < -0.39 is 0 Å². The second-order valence-electron chi connectivity index (χ2n) is 3.86. The molecule has 4 nitrogen and oxygen atoms in total. The highest BCUT2D eigenvalue weighted by molar-refractivity contribution is 7.71. The van der Waals surface area contributed by atoms with Gasteiger partial charge in [-0.1, -0.05) is 13.8 Å².